The summed E-state index contributed by atoms with van der Waals surface area (Å²) in [6, 6.07) is 10.6. The molecule has 1 rings (SSSR count). The van der Waals surface area contributed by atoms with Gasteiger partial charge in [0, 0.05) is 7.05 Å². The van der Waals surface area contributed by atoms with Crippen LogP contribution in [-0.4, -0.2) is 12.2 Å². The van der Waals surface area contributed by atoms with Crippen molar-refractivity contribution >= 4 is 17.3 Å². The summed E-state index contributed by atoms with van der Waals surface area (Å²) in [6.45, 7) is 4.37. The van der Waals surface area contributed by atoms with Crippen molar-refractivity contribution < 1.29 is 0 Å². The molecule has 3 heteroatoms. The topological polar surface area (TPSA) is 24.1 Å². The Kier molecular flexibility index (Phi) is 4.56. The van der Waals surface area contributed by atoms with Crippen LogP contribution in [0.1, 0.15) is 25.5 Å². The summed E-state index contributed by atoms with van der Waals surface area (Å²) >= 11 is 5.13. The molecule has 0 spiro atoms. The highest BCUT2D eigenvalue weighted by Crippen LogP contribution is 2.20. The lowest BCUT2D eigenvalue weighted by Crippen LogP contribution is -2.37. The Labute approximate surface area is 97.1 Å². The van der Waals surface area contributed by atoms with Gasteiger partial charge in [-0.05, 0) is 23.7 Å². The Morgan fingerprint density at radius 3 is 2.27 bits per heavy atom. The van der Waals surface area contributed by atoms with Gasteiger partial charge in [0.15, 0.2) is 5.11 Å². The molecule has 1 atom stereocenters. The maximum absolute atomic E-state index is 5.13. The maximum atomic E-state index is 5.13. The van der Waals surface area contributed by atoms with Crippen molar-refractivity contribution in [1.29, 1.82) is 0 Å². The van der Waals surface area contributed by atoms with E-state index < -0.39 is 0 Å². The molecule has 0 heterocycles. The molecular weight excluding hydrogens is 204 g/mol. The fraction of sp³-hybridized carbons (Fsp3) is 0.417. The third kappa shape index (κ3) is 3.51. The monoisotopic (exact) mass is 222 g/mol. The van der Waals surface area contributed by atoms with Crippen molar-refractivity contribution in [2.45, 2.75) is 19.9 Å². The standard InChI is InChI=1S/C12H18N2S/c1-9(2)11(14-12(15)13-3)10-7-5-4-6-8-10/h4-9,11H,1-3H3,(H2,13,14,15)/t11-/m1/s1. The second-order valence-corrected chi connectivity index (χ2v) is 4.26. The zero-order valence-electron chi connectivity index (χ0n) is 9.45. The van der Waals surface area contributed by atoms with Crippen LogP contribution in [0.2, 0.25) is 0 Å². The van der Waals surface area contributed by atoms with Gasteiger partial charge in [-0.3, -0.25) is 0 Å². The highest BCUT2D eigenvalue weighted by molar-refractivity contribution is 7.80. The van der Waals surface area contributed by atoms with Crippen LogP contribution in [0.3, 0.4) is 0 Å². The van der Waals surface area contributed by atoms with Gasteiger partial charge in [0.05, 0.1) is 6.04 Å². The molecule has 0 saturated carbocycles. The molecule has 0 fully saturated rings. The molecule has 0 saturated heterocycles. The van der Waals surface area contributed by atoms with Crippen molar-refractivity contribution in [3.8, 4) is 0 Å². The molecule has 0 aliphatic carbocycles. The van der Waals surface area contributed by atoms with Crippen molar-refractivity contribution in [1.82, 2.24) is 10.6 Å². The van der Waals surface area contributed by atoms with E-state index in [0.29, 0.717) is 11.0 Å². The minimum atomic E-state index is 0.270. The highest BCUT2D eigenvalue weighted by Gasteiger charge is 2.15. The number of thiocarbonyl (C=S) groups is 1. The Morgan fingerprint density at radius 2 is 1.80 bits per heavy atom. The molecule has 0 radical (unpaired) electrons. The average Bonchev–Trinajstić information content (AvgIpc) is 2.26. The molecule has 0 unspecified atom stereocenters. The molecule has 1 aromatic carbocycles. The van der Waals surface area contributed by atoms with E-state index in [1.807, 2.05) is 13.1 Å². The van der Waals surface area contributed by atoms with Gasteiger partial charge in [0.25, 0.3) is 0 Å². The Hall–Kier alpha value is -1.09. The number of benzene rings is 1. The highest BCUT2D eigenvalue weighted by atomic mass is 32.1. The van der Waals surface area contributed by atoms with Gasteiger partial charge >= 0.3 is 0 Å². The molecule has 0 amide bonds. The normalized spacial score (nSPS) is 12.3. The molecule has 82 valence electrons. The third-order valence-corrected chi connectivity index (χ3v) is 2.66. The minimum Gasteiger partial charge on any atom is -0.366 e. The molecule has 0 bridgehead atoms. The molecule has 2 N–H and O–H groups in total. The SMILES string of the molecule is CNC(=S)N[C@@H](c1ccccc1)C(C)C. The fourth-order valence-electron chi connectivity index (χ4n) is 1.51. The van der Waals surface area contributed by atoms with Crippen LogP contribution in [0, 0.1) is 5.92 Å². The van der Waals surface area contributed by atoms with E-state index in [0.717, 1.165) is 0 Å². The molecule has 0 aliphatic rings. The van der Waals surface area contributed by atoms with Gasteiger partial charge in [-0.25, -0.2) is 0 Å². The summed E-state index contributed by atoms with van der Waals surface area (Å²) in [4.78, 5) is 0. The first-order chi connectivity index (χ1) is 7.15. The van der Waals surface area contributed by atoms with Gasteiger partial charge in [0.1, 0.15) is 0 Å². The molecule has 15 heavy (non-hydrogen) atoms. The van der Waals surface area contributed by atoms with E-state index in [1.165, 1.54) is 5.56 Å². The van der Waals surface area contributed by atoms with Crippen LogP contribution in [-0.2, 0) is 0 Å². The number of hydrogen-bond donors (Lipinski definition) is 2. The quantitative estimate of drug-likeness (QED) is 0.768. The predicted molar refractivity (Wildman–Crippen MR) is 68.8 cm³/mol. The van der Waals surface area contributed by atoms with E-state index in [4.69, 9.17) is 12.2 Å². The minimum absolute atomic E-state index is 0.270. The maximum Gasteiger partial charge on any atom is 0.166 e. The largest absolute Gasteiger partial charge is 0.366 e. The first kappa shape index (κ1) is 12.0. The first-order valence-electron chi connectivity index (χ1n) is 5.18. The Morgan fingerprint density at radius 1 is 1.20 bits per heavy atom. The lowest BCUT2D eigenvalue weighted by molar-refractivity contribution is 0.470. The van der Waals surface area contributed by atoms with Crippen LogP contribution in [0.4, 0.5) is 0 Å². The van der Waals surface area contributed by atoms with Crippen LogP contribution in [0.5, 0.6) is 0 Å². The van der Waals surface area contributed by atoms with Crippen LogP contribution < -0.4 is 10.6 Å². The Bertz CT molecular complexity index is 309. The summed E-state index contributed by atoms with van der Waals surface area (Å²) in [5, 5.41) is 6.94. The second-order valence-electron chi connectivity index (χ2n) is 3.86. The average molecular weight is 222 g/mol. The number of hydrogen-bond acceptors (Lipinski definition) is 1. The van der Waals surface area contributed by atoms with Crippen molar-refractivity contribution in [2.75, 3.05) is 7.05 Å². The summed E-state index contributed by atoms with van der Waals surface area (Å²) in [5.74, 6) is 0.499. The van der Waals surface area contributed by atoms with Crippen molar-refractivity contribution in [3.05, 3.63) is 35.9 Å². The zero-order valence-corrected chi connectivity index (χ0v) is 10.3. The summed E-state index contributed by atoms with van der Waals surface area (Å²) in [5.41, 5.74) is 1.27. The van der Waals surface area contributed by atoms with Gasteiger partial charge < -0.3 is 10.6 Å². The number of rotatable bonds is 3. The number of nitrogens with one attached hydrogen (secondary N) is 2. The molecule has 0 aromatic heterocycles. The molecule has 0 aliphatic heterocycles. The summed E-state index contributed by atoms with van der Waals surface area (Å²) in [6.07, 6.45) is 0. The second kappa shape index (κ2) is 5.71. The lowest BCUT2D eigenvalue weighted by atomic mass is 9.96. The van der Waals surface area contributed by atoms with Crippen molar-refractivity contribution in [3.63, 3.8) is 0 Å². The van der Waals surface area contributed by atoms with Crippen LogP contribution in [0.15, 0.2) is 30.3 Å². The third-order valence-electron chi connectivity index (χ3n) is 2.34. The molecular formula is C12H18N2S. The molecule has 2 nitrogen and oxygen atoms in total. The van der Waals surface area contributed by atoms with Crippen LogP contribution in [0.25, 0.3) is 0 Å². The van der Waals surface area contributed by atoms with E-state index in [9.17, 15) is 0 Å². The van der Waals surface area contributed by atoms with Crippen LogP contribution >= 0.6 is 12.2 Å². The smallest absolute Gasteiger partial charge is 0.166 e. The predicted octanol–water partition coefficient (Wildman–Crippen LogP) is 2.48. The Balaban J connectivity index is 2.79. The molecule has 1 aromatic rings. The van der Waals surface area contributed by atoms with Gasteiger partial charge in [-0.1, -0.05) is 44.2 Å². The first-order valence-corrected chi connectivity index (χ1v) is 5.59. The van der Waals surface area contributed by atoms with E-state index >= 15 is 0 Å². The zero-order chi connectivity index (χ0) is 11.3. The van der Waals surface area contributed by atoms with E-state index in [2.05, 4.69) is 48.7 Å². The van der Waals surface area contributed by atoms with E-state index in [1.54, 1.807) is 0 Å². The van der Waals surface area contributed by atoms with Gasteiger partial charge in [-0.15, -0.1) is 0 Å². The fourth-order valence-corrected chi connectivity index (χ4v) is 1.64. The van der Waals surface area contributed by atoms with Crippen molar-refractivity contribution in [2.24, 2.45) is 5.92 Å². The van der Waals surface area contributed by atoms with Gasteiger partial charge in [0.2, 0.25) is 0 Å². The summed E-state index contributed by atoms with van der Waals surface area (Å²) < 4.78 is 0. The summed E-state index contributed by atoms with van der Waals surface area (Å²) in [7, 11) is 1.83. The lowest BCUT2D eigenvalue weighted by Gasteiger charge is -2.24. The van der Waals surface area contributed by atoms with E-state index in [-0.39, 0.29) is 6.04 Å². The van der Waals surface area contributed by atoms with Gasteiger partial charge in [-0.2, -0.15) is 0 Å².